The van der Waals surface area contributed by atoms with Crippen molar-refractivity contribution < 1.29 is 9.59 Å². The lowest BCUT2D eigenvalue weighted by atomic mass is 9.94. The third-order valence-electron chi connectivity index (χ3n) is 7.57. The fourth-order valence-corrected chi connectivity index (χ4v) is 6.28. The van der Waals surface area contributed by atoms with Crippen molar-refractivity contribution in [1.82, 2.24) is 10.2 Å². The topological polar surface area (TPSA) is 61.4 Å². The molecule has 4 aliphatic carbocycles. The van der Waals surface area contributed by atoms with Gasteiger partial charge in [0.2, 0.25) is 5.91 Å². The van der Waals surface area contributed by atoms with Crippen LogP contribution in [0.4, 0.5) is 10.5 Å². The molecule has 0 spiro atoms. The number of urea groups is 1. The van der Waals surface area contributed by atoms with Gasteiger partial charge in [0, 0.05) is 25.3 Å². The van der Waals surface area contributed by atoms with Crippen LogP contribution in [0.25, 0.3) is 0 Å². The maximum absolute atomic E-state index is 13.2. The number of benzene rings is 1. The third kappa shape index (κ3) is 2.82. The first-order chi connectivity index (χ1) is 13.1. The first-order valence-corrected chi connectivity index (χ1v) is 10.5. The summed E-state index contributed by atoms with van der Waals surface area (Å²) in [7, 11) is 0. The molecule has 0 radical (unpaired) electrons. The second-order valence-electron chi connectivity index (χ2n) is 9.26. The Hall–Kier alpha value is -2.04. The maximum atomic E-state index is 13.2. The van der Waals surface area contributed by atoms with Crippen molar-refractivity contribution >= 4 is 17.6 Å². The van der Waals surface area contributed by atoms with Crippen LogP contribution in [-0.2, 0) is 4.79 Å². The van der Waals surface area contributed by atoms with Gasteiger partial charge in [-0.15, -0.1) is 0 Å². The zero-order valence-electron chi connectivity index (χ0n) is 16.0. The van der Waals surface area contributed by atoms with Crippen molar-refractivity contribution in [3.05, 3.63) is 29.8 Å². The van der Waals surface area contributed by atoms with E-state index in [1.807, 2.05) is 31.2 Å². The maximum Gasteiger partial charge on any atom is 0.319 e. The minimum Gasteiger partial charge on any atom is -0.342 e. The number of rotatable bonds is 4. The molecule has 1 aromatic rings. The third-order valence-corrected chi connectivity index (χ3v) is 7.57. The van der Waals surface area contributed by atoms with Gasteiger partial charge in [-0.2, -0.15) is 0 Å². The van der Waals surface area contributed by atoms with Gasteiger partial charge in [-0.1, -0.05) is 17.7 Å². The number of amides is 3. The van der Waals surface area contributed by atoms with Gasteiger partial charge in [0.25, 0.3) is 0 Å². The Kier molecular flexibility index (Phi) is 3.95. The van der Waals surface area contributed by atoms with Crippen LogP contribution >= 0.6 is 0 Å². The molecule has 5 heteroatoms. The molecule has 1 aliphatic heterocycles. The van der Waals surface area contributed by atoms with Crippen molar-refractivity contribution in [2.45, 2.75) is 39.0 Å². The molecule has 6 rings (SSSR count). The summed E-state index contributed by atoms with van der Waals surface area (Å²) in [4.78, 5) is 27.5. The molecule has 1 heterocycles. The lowest BCUT2D eigenvalue weighted by Gasteiger charge is -2.35. The monoisotopic (exact) mass is 367 g/mol. The van der Waals surface area contributed by atoms with Crippen LogP contribution in [0.15, 0.2) is 24.3 Å². The van der Waals surface area contributed by atoms with Crippen LogP contribution in [0.3, 0.4) is 0 Å². The molecule has 3 unspecified atom stereocenters. The first-order valence-electron chi connectivity index (χ1n) is 10.5. The fourth-order valence-electron chi connectivity index (χ4n) is 6.28. The first kappa shape index (κ1) is 17.1. The second kappa shape index (κ2) is 6.25. The van der Waals surface area contributed by atoms with Gasteiger partial charge in [-0.3, -0.25) is 4.79 Å². The van der Waals surface area contributed by atoms with Crippen molar-refractivity contribution in [3.63, 3.8) is 0 Å². The van der Waals surface area contributed by atoms with E-state index in [0.717, 1.165) is 44.0 Å². The molecule has 2 N–H and O–H groups in total. The largest absolute Gasteiger partial charge is 0.342 e. The highest BCUT2D eigenvalue weighted by Crippen LogP contribution is 2.79. The summed E-state index contributed by atoms with van der Waals surface area (Å²) in [5.41, 5.74) is 2.02. The number of aryl methyl sites for hydroxylation is 1. The lowest BCUT2D eigenvalue weighted by molar-refractivity contribution is -0.139. The molecule has 5 nitrogen and oxygen atoms in total. The summed E-state index contributed by atoms with van der Waals surface area (Å²) in [6, 6.07) is 7.62. The summed E-state index contributed by atoms with van der Waals surface area (Å²) in [5, 5.41) is 5.87. The predicted octanol–water partition coefficient (Wildman–Crippen LogP) is 3.40. The quantitative estimate of drug-likeness (QED) is 0.857. The summed E-state index contributed by atoms with van der Waals surface area (Å²) in [5.74, 6) is 3.03. The van der Waals surface area contributed by atoms with Crippen LogP contribution in [0.1, 0.15) is 37.7 Å². The number of hydrogen-bond donors (Lipinski definition) is 2. The summed E-state index contributed by atoms with van der Waals surface area (Å²) >= 11 is 0. The summed E-state index contributed by atoms with van der Waals surface area (Å²) in [6.45, 7) is 4.36. The van der Waals surface area contributed by atoms with Gasteiger partial charge in [0.1, 0.15) is 0 Å². The molecule has 1 aromatic carbocycles. The smallest absolute Gasteiger partial charge is 0.319 e. The Bertz CT molecular complexity index is 747. The van der Waals surface area contributed by atoms with Gasteiger partial charge in [-0.05, 0) is 74.8 Å². The predicted molar refractivity (Wildman–Crippen MR) is 104 cm³/mol. The number of nitrogens with zero attached hydrogens (tertiary/aromatic N) is 1. The van der Waals surface area contributed by atoms with Gasteiger partial charge >= 0.3 is 6.03 Å². The average Bonchev–Trinajstić information content (AvgIpc) is 3.12. The molecule has 0 aromatic heterocycles. The number of piperidine rings is 1. The molecule has 3 atom stereocenters. The van der Waals surface area contributed by atoms with Crippen molar-refractivity contribution in [3.8, 4) is 0 Å². The van der Waals surface area contributed by atoms with E-state index in [0.29, 0.717) is 30.2 Å². The standard InChI is InChI=1S/C22H29N3O2/c1-14-4-6-17(7-5-14)24-21(27)23-12-15-3-2-8-25(13-15)20(26)22-11-16-9-18(22)19(22)10-16/h4-7,15-16,18-19H,2-3,8-13H2,1H3,(H2,23,24,27). The Morgan fingerprint density at radius 3 is 2.59 bits per heavy atom. The number of hydrogen-bond acceptors (Lipinski definition) is 2. The SMILES string of the molecule is Cc1ccc(NC(=O)NCC2CCCN(C(=O)C34CC5CC3C4C5)C2)cc1. The van der Waals surface area contributed by atoms with E-state index in [1.54, 1.807) is 0 Å². The van der Waals surface area contributed by atoms with Crippen molar-refractivity contribution in [2.75, 3.05) is 25.0 Å². The Morgan fingerprint density at radius 1 is 1.19 bits per heavy atom. The Balaban J connectivity index is 1.12. The highest BCUT2D eigenvalue weighted by molar-refractivity contribution is 5.89. The molecule has 3 amide bonds. The molecule has 5 fully saturated rings. The van der Waals surface area contributed by atoms with Crippen LogP contribution in [0.2, 0.25) is 0 Å². The van der Waals surface area contributed by atoms with Crippen LogP contribution in [0.5, 0.6) is 0 Å². The zero-order chi connectivity index (χ0) is 18.6. The number of carbonyl (C=O) groups excluding carboxylic acids is 2. The summed E-state index contributed by atoms with van der Waals surface area (Å²) < 4.78 is 0. The minimum atomic E-state index is -0.167. The lowest BCUT2D eigenvalue weighted by Crippen LogP contribution is -2.47. The van der Waals surface area contributed by atoms with Gasteiger partial charge < -0.3 is 15.5 Å². The molecule has 1 saturated heterocycles. The molecular weight excluding hydrogens is 338 g/mol. The highest BCUT2D eigenvalue weighted by Gasteiger charge is 2.78. The Morgan fingerprint density at radius 2 is 1.93 bits per heavy atom. The van der Waals surface area contributed by atoms with E-state index in [1.165, 1.54) is 18.4 Å². The molecule has 27 heavy (non-hydrogen) atoms. The van der Waals surface area contributed by atoms with E-state index in [9.17, 15) is 9.59 Å². The summed E-state index contributed by atoms with van der Waals surface area (Å²) in [6.07, 6.45) is 5.88. The second-order valence-corrected chi connectivity index (χ2v) is 9.26. The number of likely N-dealkylation sites (tertiary alicyclic amines) is 1. The van der Waals surface area contributed by atoms with E-state index in [2.05, 4.69) is 15.5 Å². The van der Waals surface area contributed by atoms with Crippen molar-refractivity contribution in [2.24, 2.45) is 29.1 Å². The van der Waals surface area contributed by atoms with E-state index in [4.69, 9.17) is 0 Å². The Labute approximate surface area is 160 Å². The zero-order valence-corrected chi connectivity index (χ0v) is 16.0. The molecular formula is C22H29N3O2. The number of nitrogens with one attached hydrogen (secondary N) is 2. The molecule has 4 bridgehead atoms. The fraction of sp³-hybridized carbons (Fsp3) is 0.636. The average molecular weight is 367 g/mol. The van der Waals surface area contributed by atoms with Gasteiger partial charge in [0.05, 0.1) is 5.41 Å². The van der Waals surface area contributed by atoms with Crippen LogP contribution < -0.4 is 10.6 Å². The number of anilines is 1. The minimum absolute atomic E-state index is 0.0444. The van der Waals surface area contributed by atoms with Crippen LogP contribution in [-0.4, -0.2) is 36.5 Å². The van der Waals surface area contributed by atoms with E-state index >= 15 is 0 Å². The molecule has 5 aliphatic rings. The normalized spacial score (nSPS) is 35.8. The van der Waals surface area contributed by atoms with Crippen LogP contribution in [0, 0.1) is 36.0 Å². The van der Waals surface area contributed by atoms with Crippen molar-refractivity contribution in [1.29, 1.82) is 0 Å². The van der Waals surface area contributed by atoms with E-state index in [-0.39, 0.29) is 11.4 Å². The van der Waals surface area contributed by atoms with Gasteiger partial charge in [0.15, 0.2) is 0 Å². The van der Waals surface area contributed by atoms with Gasteiger partial charge in [-0.25, -0.2) is 4.79 Å². The molecule has 144 valence electrons. The van der Waals surface area contributed by atoms with E-state index < -0.39 is 0 Å². The number of carbonyl (C=O) groups is 2. The molecule has 4 saturated carbocycles. The highest BCUT2D eigenvalue weighted by atomic mass is 16.2.